The Morgan fingerprint density at radius 2 is 1.76 bits per heavy atom. The van der Waals surface area contributed by atoms with Gasteiger partial charge in [-0.25, -0.2) is 4.72 Å². The summed E-state index contributed by atoms with van der Waals surface area (Å²) in [4.78, 5) is 31.9. The van der Waals surface area contributed by atoms with Gasteiger partial charge in [0.25, 0.3) is 11.8 Å². The summed E-state index contributed by atoms with van der Waals surface area (Å²) in [6, 6.07) is 15.8. The summed E-state index contributed by atoms with van der Waals surface area (Å²) >= 11 is -1.67. The van der Waals surface area contributed by atoms with Crippen LogP contribution in [-0.4, -0.2) is 26.3 Å². The summed E-state index contributed by atoms with van der Waals surface area (Å²) in [6.07, 6.45) is 3.18. The number of nitrogens with one attached hydrogen (secondary N) is 1. The van der Waals surface area contributed by atoms with Crippen molar-refractivity contribution in [1.29, 1.82) is 5.26 Å². The van der Waals surface area contributed by atoms with Crippen LogP contribution in [0.2, 0.25) is 0 Å². The monoisotopic (exact) mass is 458 g/mol. The molecule has 1 atom stereocenters. The fourth-order valence-corrected chi connectivity index (χ4v) is 4.51. The van der Waals surface area contributed by atoms with Crippen LogP contribution in [-0.2, 0) is 23.3 Å². The van der Waals surface area contributed by atoms with E-state index in [0.29, 0.717) is 10.5 Å². The lowest BCUT2D eigenvalue weighted by Gasteiger charge is -2.19. The Morgan fingerprint density at radius 1 is 1.06 bits per heavy atom. The first-order valence-corrected chi connectivity index (χ1v) is 11.5. The van der Waals surface area contributed by atoms with Gasteiger partial charge in [-0.05, 0) is 46.9 Å². The molecule has 2 aromatic carbocycles. The molecule has 33 heavy (non-hydrogen) atoms. The van der Waals surface area contributed by atoms with E-state index in [-0.39, 0.29) is 34.3 Å². The summed E-state index contributed by atoms with van der Waals surface area (Å²) in [6.45, 7) is 6.31. The van der Waals surface area contributed by atoms with E-state index in [9.17, 15) is 19.4 Å². The summed E-state index contributed by atoms with van der Waals surface area (Å²) in [5.41, 5.74) is 2.18. The van der Waals surface area contributed by atoms with Gasteiger partial charge < -0.3 is 4.55 Å². The number of hydrogen-bond donors (Lipinski definition) is 1. The highest BCUT2D eigenvalue weighted by Crippen LogP contribution is 2.34. The normalized spacial score (nSPS) is 14.1. The first-order chi connectivity index (χ1) is 15.7. The first-order valence-electron chi connectivity index (χ1n) is 10.3. The molecule has 1 aromatic heterocycles. The Labute approximate surface area is 195 Å². The van der Waals surface area contributed by atoms with Crippen molar-refractivity contribution in [1.82, 2.24) is 9.88 Å². The number of fused-ring (bicyclic) bond motifs is 1. The van der Waals surface area contributed by atoms with E-state index in [4.69, 9.17) is 0 Å². The van der Waals surface area contributed by atoms with Crippen LogP contribution < -0.4 is 4.72 Å². The lowest BCUT2D eigenvalue weighted by atomic mass is 9.87. The average molecular weight is 459 g/mol. The minimum atomic E-state index is -1.67. The highest BCUT2D eigenvalue weighted by atomic mass is 32.2. The van der Waals surface area contributed by atoms with E-state index < -0.39 is 23.2 Å². The van der Waals surface area contributed by atoms with Crippen molar-refractivity contribution in [3.8, 4) is 6.07 Å². The van der Waals surface area contributed by atoms with Crippen molar-refractivity contribution in [2.24, 2.45) is 0 Å². The molecule has 3 aromatic rings. The number of nitrogens with zero attached hydrogens (tertiary/aromatic N) is 3. The fraction of sp³-hybridized carbons (Fsp3) is 0.200. The van der Waals surface area contributed by atoms with E-state index in [1.54, 1.807) is 36.7 Å². The molecule has 0 spiro atoms. The van der Waals surface area contributed by atoms with Crippen molar-refractivity contribution in [2.45, 2.75) is 37.6 Å². The lowest BCUT2D eigenvalue weighted by molar-refractivity contribution is 0.0642. The SMILES string of the molecule is CC(C)(C)c1ccc([S+]([O-])Nc2ccc(C#N)c3c2C(=O)N(Cc2cccnc2)C3=O)cc1. The molecule has 0 saturated heterocycles. The van der Waals surface area contributed by atoms with Crippen LogP contribution in [0.15, 0.2) is 65.8 Å². The molecule has 1 N–H and O–H groups in total. The van der Waals surface area contributed by atoms with Crippen LogP contribution in [0.3, 0.4) is 0 Å². The Morgan fingerprint density at radius 3 is 2.36 bits per heavy atom. The van der Waals surface area contributed by atoms with Crippen molar-refractivity contribution >= 4 is 28.9 Å². The molecule has 2 heterocycles. The minimum absolute atomic E-state index is 0.0245. The number of aromatic nitrogens is 1. The van der Waals surface area contributed by atoms with Crippen molar-refractivity contribution in [3.63, 3.8) is 0 Å². The third-order valence-electron chi connectivity index (χ3n) is 5.44. The smallest absolute Gasteiger partial charge is 0.264 e. The quantitative estimate of drug-likeness (QED) is 0.454. The first kappa shape index (κ1) is 22.5. The molecule has 0 radical (unpaired) electrons. The van der Waals surface area contributed by atoms with Gasteiger partial charge in [0, 0.05) is 12.4 Å². The Hall–Kier alpha value is -3.67. The number of anilines is 1. The Balaban J connectivity index is 1.65. The van der Waals surface area contributed by atoms with Gasteiger partial charge in [0.1, 0.15) is 11.4 Å². The minimum Gasteiger partial charge on any atom is -0.588 e. The molecule has 0 bridgehead atoms. The van der Waals surface area contributed by atoms with Gasteiger partial charge in [0.05, 0.1) is 35.0 Å². The highest BCUT2D eigenvalue weighted by molar-refractivity contribution is 7.92. The Bertz CT molecular complexity index is 1260. The zero-order valence-corrected chi connectivity index (χ0v) is 19.3. The highest BCUT2D eigenvalue weighted by Gasteiger charge is 2.40. The van der Waals surface area contributed by atoms with Crippen molar-refractivity contribution in [3.05, 3.63) is 88.7 Å². The number of amides is 2. The molecule has 0 saturated carbocycles. The molecule has 2 amide bonds. The molecule has 1 unspecified atom stereocenters. The van der Waals surface area contributed by atoms with E-state index in [1.807, 2.05) is 18.2 Å². The van der Waals surface area contributed by atoms with Crippen LogP contribution >= 0.6 is 0 Å². The van der Waals surface area contributed by atoms with Crippen LogP contribution in [0.1, 0.15) is 58.2 Å². The second kappa shape index (κ2) is 8.70. The van der Waals surface area contributed by atoms with Crippen molar-refractivity contribution < 1.29 is 14.1 Å². The number of benzene rings is 2. The van der Waals surface area contributed by atoms with E-state index in [2.05, 4.69) is 30.5 Å². The van der Waals surface area contributed by atoms with Gasteiger partial charge >= 0.3 is 0 Å². The predicted molar refractivity (Wildman–Crippen MR) is 125 cm³/mol. The molecular formula is C25H22N4O3S. The van der Waals surface area contributed by atoms with E-state index in [1.165, 1.54) is 12.1 Å². The predicted octanol–water partition coefficient (Wildman–Crippen LogP) is 4.18. The van der Waals surface area contributed by atoms with Crippen LogP contribution in [0.25, 0.3) is 0 Å². The summed E-state index contributed by atoms with van der Waals surface area (Å²) in [7, 11) is 0. The summed E-state index contributed by atoms with van der Waals surface area (Å²) < 4.78 is 15.9. The molecular weight excluding hydrogens is 436 g/mol. The zero-order chi connectivity index (χ0) is 23.8. The summed E-state index contributed by atoms with van der Waals surface area (Å²) in [5, 5.41) is 9.50. The molecule has 0 fully saturated rings. The number of rotatable bonds is 5. The number of carbonyl (C=O) groups is 2. The fourth-order valence-electron chi connectivity index (χ4n) is 3.64. The summed E-state index contributed by atoms with van der Waals surface area (Å²) in [5.74, 6) is -1.10. The number of nitriles is 1. The maximum absolute atomic E-state index is 13.2. The van der Waals surface area contributed by atoms with Gasteiger partial charge in [0.2, 0.25) is 0 Å². The van der Waals surface area contributed by atoms with Gasteiger partial charge in [-0.2, -0.15) is 5.26 Å². The third-order valence-corrected chi connectivity index (χ3v) is 6.55. The molecule has 0 aliphatic carbocycles. The van der Waals surface area contributed by atoms with E-state index >= 15 is 0 Å². The standard InChI is InChI=1S/C25H22N4O3S/c1-25(2,3)18-7-9-19(10-8-18)33(32)28-20-11-6-17(13-26)21-22(20)24(31)29(23(21)30)15-16-5-4-12-27-14-16/h4-12,14,28H,15H2,1-3H3. The Kier molecular flexibility index (Phi) is 5.93. The second-order valence-corrected chi connectivity index (χ2v) is 9.94. The molecule has 1 aliphatic rings. The number of hydrogen-bond acceptors (Lipinski definition) is 6. The number of carbonyl (C=O) groups excluding carboxylic acids is 2. The number of pyridine rings is 1. The van der Waals surface area contributed by atoms with E-state index in [0.717, 1.165) is 10.5 Å². The van der Waals surface area contributed by atoms with Gasteiger partial charge in [-0.15, -0.1) is 0 Å². The maximum atomic E-state index is 13.2. The largest absolute Gasteiger partial charge is 0.588 e. The topological polar surface area (TPSA) is 109 Å². The van der Waals surface area contributed by atoms with Gasteiger partial charge in [-0.3, -0.25) is 19.5 Å². The van der Waals surface area contributed by atoms with Gasteiger partial charge in [0.15, 0.2) is 4.90 Å². The van der Waals surface area contributed by atoms with Crippen molar-refractivity contribution in [2.75, 3.05) is 4.72 Å². The lowest BCUT2D eigenvalue weighted by Crippen LogP contribution is -2.29. The number of imide groups is 1. The zero-order valence-electron chi connectivity index (χ0n) is 18.5. The maximum Gasteiger partial charge on any atom is 0.264 e. The average Bonchev–Trinajstić information content (AvgIpc) is 3.05. The molecule has 7 nitrogen and oxygen atoms in total. The molecule has 1 aliphatic heterocycles. The second-order valence-electron chi connectivity index (χ2n) is 8.73. The van der Waals surface area contributed by atoms with Crippen LogP contribution in [0, 0.1) is 11.3 Å². The molecule has 166 valence electrons. The molecule has 4 rings (SSSR count). The third kappa shape index (κ3) is 4.33. The molecule has 8 heteroatoms. The van der Waals surface area contributed by atoms with Crippen LogP contribution in [0.5, 0.6) is 0 Å². The van der Waals surface area contributed by atoms with Gasteiger partial charge in [-0.1, -0.05) is 39.0 Å². The van der Waals surface area contributed by atoms with Crippen LogP contribution in [0.4, 0.5) is 5.69 Å².